The predicted molar refractivity (Wildman–Crippen MR) is 103 cm³/mol. The first-order valence-electron chi connectivity index (χ1n) is 7.70. The number of methoxy groups -OCH3 is 1. The standard InChI is InChI=1S/C18H20FNO4S2/c1-18(2,3)25-14-8-6-13(7-9-14)20(26(22)23)16-11-12(19)5-10-15(16)17(21)24-4/h5-11H,1-4H3,(H,22,23). The quantitative estimate of drug-likeness (QED) is 0.447. The van der Waals surface area contributed by atoms with Crippen LogP contribution in [0.2, 0.25) is 0 Å². The number of nitrogens with zero attached hydrogens (tertiary/aromatic N) is 1. The molecule has 0 bridgehead atoms. The van der Waals surface area contributed by atoms with Crippen LogP contribution in [0.15, 0.2) is 47.4 Å². The van der Waals surface area contributed by atoms with Gasteiger partial charge in [0.15, 0.2) is 0 Å². The minimum absolute atomic E-state index is 0.00977. The molecule has 2 aromatic carbocycles. The zero-order valence-corrected chi connectivity index (χ0v) is 16.5. The summed E-state index contributed by atoms with van der Waals surface area (Å²) < 4.78 is 41.1. The highest BCUT2D eigenvalue weighted by Gasteiger charge is 2.23. The second-order valence-electron chi connectivity index (χ2n) is 6.39. The van der Waals surface area contributed by atoms with E-state index in [0.29, 0.717) is 5.69 Å². The van der Waals surface area contributed by atoms with Gasteiger partial charge in [0.2, 0.25) is 0 Å². The third-order valence-electron chi connectivity index (χ3n) is 3.24. The van der Waals surface area contributed by atoms with Crippen molar-refractivity contribution >= 4 is 40.4 Å². The van der Waals surface area contributed by atoms with Crippen molar-refractivity contribution in [3.05, 3.63) is 53.8 Å². The Balaban J connectivity index is 2.49. The number of benzene rings is 2. The maximum atomic E-state index is 13.7. The van der Waals surface area contributed by atoms with Gasteiger partial charge < -0.3 is 4.74 Å². The van der Waals surface area contributed by atoms with Gasteiger partial charge >= 0.3 is 5.97 Å². The van der Waals surface area contributed by atoms with Crippen molar-refractivity contribution in [3.63, 3.8) is 0 Å². The van der Waals surface area contributed by atoms with Crippen LogP contribution < -0.4 is 4.31 Å². The van der Waals surface area contributed by atoms with Crippen molar-refractivity contribution in [2.45, 2.75) is 30.4 Å². The van der Waals surface area contributed by atoms with Crippen molar-refractivity contribution in [3.8, 4) is 0 Å². The van der Waals surface area contributed by atoms with E-state index in [9.17, 15) is 17.9 Å². The van der Waals surface area contributed by atoms with Crippen LogP contribution in [-0.4, -0.2) is 26.6 Å². The van der Waals surface area contributed by atoms with E-state index in [1.54, 1.807) is 23.9 Å². The third kappa shape index (κ3) is 5.06. The largest absolute Gasteiger partial charge is 0.465 e. The number of thioether (sulfide) groups is 1. The first-order valence-corrected chi connectivity index (χ1v) is 9.58. The molecule has 140 valence electrons. The molecule has 2 aromatic rings. The minimum Gasteiger partial charge on any atom is -0.465 e. The molecule has 26 heavy (non-hydrogen) atoms. The van der Waals surface area contributed by atoms with Gasteiger partial charge in [-0.15, -0.1) is 11.8 Å². The third-order valence-corrected chi connectivity index (χ3v) is 5.08. The number of hydrogen-bond donors (Lipinski definition) is 1. The van der Waals surface area contributed by atoms with E-state index in [-0.39, 0.29) is 16.0 Å². The maximum absolute atomic E-state index is 13.7. The molecule has 1 N–H and O–H groups in total. The van der Waals surface area contributed by atoms with Crippen molar-refractivity contribution in [1.82, 2.24) is 0 Å². The fourth-order valence-corrected chi connectivity index (χ4v) is 3.87. The SMILES string of the molecule is COC(=O)c1ccc(F)cc1N(c1ccc(SC(C)(C)C)cc1)S(=O)O. The Labute approximate surface area is 159 Å². The summed E-state index contributed by atoms with van der Waals surface area (Å²) in [6.45, 7) is 6.24. The zero-order chi connectivity index (χ0) is 19.5. The van der Waals surface area contributed by atoms with Gasteiger partial charge in [0.05, 0.1) is 24.0 Å². The summed E-state index contributed by atoms with van der Waals surface area (Å²) in [7, 11) is 1.19. The van der Waals surface area contributed by atoms with Gasteiger partial charge in [0.25, 0.3) is 11.3 Å². The first-order chi connectivity index (χ1) is 12.1. The number of halogens is 1. The number of rotatable bonds is 5. The molecular formula is C18H20FNO4S2. The van der Waals surface area contributed by atoms with E-state index in [1.807, 2.05) is 12.1 Å². The number of esters is 1. The molecule has 2 rings (SSSR count). The molecule has 0 heterocycles. The molecule has 0 amide bonds. The van der Waals surface area contributed by atoms with Crippen molar-refractivity contribution in [2.75, 3.05) is 11.4 Å². The number of carbonyl (C=O) groups excluding carboxylic acids is 1. The Bertz CT molecular complexity index is 819. The molecule has 8 heteroatoms. The number of carbonyl (C=O) groups is 1. The Morgan fingerprint density at radius 3 is 2.31 bits per heavy atom. The second kappa shape index (κ2) is 8.20. The van der Waals surface area contributed by atoms with Crippen LogP contribution in [-0.2, 0) is 16.0 Å². The number of ether oxygens (including phenoxy) is 1. The lowest BCUT2D eigenvalue weighted by molar-refractivity contribution is 0.0601. The van der Waals surface area contributed by atoms with Gasteiger partial charge in [0.1, 0.15) is 5.82 Å². The molecule has 1 atom stereocenters. The van der Waals surface area contributed by atoms with E-state index < -0.39 is 23.1 Å². The zero-order valence-electron chi connectivity index (χ0n) is 14.9. The molecular weight excluding hydrogens is 377 g/mol. The van der Waals surface area contributed by atoms with Gasteiger partial charge in [-0.2, -0.15) is 0 Å². The normalized spacial score (nSPS) is 12.5. The highest BCUT2D eigenvalue weighted by molar-refractivity contribution is 8.00. The lowest BCUT2D eigenvalue weighted by atomic mass is 10.1. The Hall–Kier alpha value is -1.90. The highest BCUT2D eigenvalue weighted by atomic mass is 32.2. The molecule has 0 spiro atoms. The van der Waals surface area contributed by atoms with Crippen LogP contribution in [0.1, 0.15) is 31.1 Å². The molecule has 1 unspecified atom stereocenters. The van der Waals surface area contributed by atoms with E-state index in [1.165, 1.54) is 13.2 Å². The second-order valence-corrected chi connectivity index (χ2v) is 9.11. The lowest BCUT2D eigenvalue weighted by Crippen LogP contribution is -2.22. The van der Waals surface area contributed by atoms with Gasteiger partial charge in [0, 0.05) is 9.64 Å². The number of hydrogen-bond acceptors (Lipinski definition) is 4. The molecule has 0 aliphatic carbocycles. The number of anilines is 2. The monoisotopic (exact) mass is 397 g/mol. The van der Waals surface area contributed by atoms with Crippen LogP contribution in [0, 0.1) is 5.82 Å². The topological polar surface area (TPSA) is 66.8 Å². The lowest BCUT2D eigenvalue weighted by Gasteiger charge is -2.23. The van der Waals surface area contributed by atoms with E-state index in [2.05, 4.69) is 25.5 Å². The average molecular weight is 397 g/mol. The molecule has 0 radical (unpaired) electrons. The average Bonchev–Trinajstić information content (AvgIpc) is 2.54. The van der Waals surface area contributed by atoms with Gasteiger partial charge in [-0.1, -0.05) is 20.8 Å². The predicted octanol–water partition coefficient (Wildman–Crippen LogP) is 4.78. The Kier molecular flexibility index (Phi) is 6.44. The summed E-state index contributed by atoms with van der Waals surface area (Å²) in [6.07, 6.45) is 0. The smallest absolute Gasteiger partial charge is 0.340 e. The molecule has 0 saturated heterocycles. The van der Waals surface area contributed by atoms with E-state index >= 15 is 0 Å². The molecule has 0 aliphatic rings. The maximum Gasteiger partial charge on any atom is 0.340 e. The van der Waals surface area contributed by atoms with Crippen LogP contribution in [0.4, 0.5) is 15.8 Å². The summed E-state index contributed by atoms with van der Waals surface area (Å²) >= 11 is -0.867. The summed E-state index contributed by atoms with van der Waals surface area (Å²) in [5.74, 6) is -1.36. The highest BCUT2D eigenvalue weighted by Crippen LogP contribution is 2.35. The first kappa shape index (κ1) is 20.4. The molecule has 5 nitrogen and oxygen atoms in total. The van der Waals surface area contributed by atoms with Crippen LogP contribution in [0.25, 0.3) is 0 Å². The summed E-state index contributed by atoms with van der Waals surface area (Å²) in [6, 6.07) is 10.3. The van der Waals surface area contributed by atoms with Gasteiger partial charge in [-0.3, -0.25) is 4.55 Å². The molecule has 0 aromatic heterocycles. The van der Waals surface area contributed by atoms with E-state index in [0.717, 1.165) is 21.3 Å². The van der Waals surface area contributed by atoms with E-state index in [4.69, 9.17) is 0 Å². The van der Waals surface area contributed by atoms with Crippen molar-refractivity contribution in [1.29, 1.82) is 0 Å². The van der Waals surface area contributed by atoms with Gasteiger partial charge in [-0.05, 0) is 42.5 Å². The Morgan fingerprint density at radius 1 is 1.19 bits per heavy atom. The fraction of sp³-hybridized carbons (Fsp3) is 0.278. The summed E-state index contributed by atoms with van der Waals surface area (Å²) in [5, 5.41) is 0. The fourth-order valence-electron chi connectivity index (χ4n) is 2.27. The minimum atomic E-state index is -2.52. The molecule has 0 fully saturated rings. The molecule has 0 saturated carbocycles. The molecule has 0 aliphatic heterocycles. The summed E-state index contributed by atoms with van der Waals surface area (Å²) in [4.78, 5) is 12.9. The van der Waals surface area contributed by atoms with Crippen molar-refractivity contribution < 1.29 is 22.7 Å². The van der Waals surface area contributed by atoms with Gasteiger partial charge in [-0.25, -0.2) is 17.7 Å². The van der Waals surface area contributed by atoms with Crippen LogP contribution in [0.5, 0.6) is 0 Å². The van der Waals surface area contributed by atoms with Crippen LogP contribution in [0.3, 0.4) is 0 Å². The summed E-state index contributed by atoms with van der Waals surface area (Å²) in [5.41, 5.74) is 0.290. The Morgan fingerprint density at radius 2 is 1.81 bits per heavy atom. The van der Waals surface area contributed by atoms with Crippen LogP contribution >= 0.6 is 11.8 Å². The van der Waals surface area contributed by atoms with Crippen molar-refractivity contribution in [2.24, 2.45) is 0 Å².